The van der Waals surface area contributed by atoms with E-state index in [0.29, 0.717) is 37.6 Å². The number of hydrogen-bond acceptors (Lipinski definition) is 6. The lowest BCUT2D eigenvalue weighted by molar-refractivity contribution is 0.0730. The predicted octanol–water partition coefficient (Wildman–Crippen LogP) is 3.10. The highest BCUT2D eigenvalue weighted by molar-refractivity contribution is 7.89. The topological polar surface area (TPSA) is 106 Å². The van der Waals surface area contributed by atoms with E-state index >= 15 is 0 Å². The fraction of sp³-hybridized carbons (Fsp3) is 0.250. The molecule has 0 aliphatic carbocycles. The first-order valence-corrected chi connectivity index (χ1v) is 11.9. The van der Waals surface area contributed by atoms with Crippen molar-refractivity contribution < 1.29 is 27.2 Å². The third-order valence-electron chi connectivity index (χ3n) is 5.39. The number of nitrogens with one attached hydrogen (secondary N) is 1. The molecule has 1 saturated heterocycles. The number of furan rings is 1. The summed E-state index contributed by atoms with van der Waals surface area (Å²) in [5.41, 5.74) is 2.12. The van der Waals surface area contributed by atoms with Gasteiger partial charge in [-0.05, 0) is 36.8 Å². The van der Waals surface area contributed by atoms with E-state index in [1.807, 2.05) is 0 Å². The Morgan fingerprint density at radius 1 is 0.939 bits per heavy atom. The summed E-state index contributed by atoms with van der Waals surface area (Å²) in [4.78, 5) is 24.1. The maximum absolute atomic E-state index is 12.7. The minimum absolute atomic E-state index is 0.0206. The molecule has 1 aliphatic rings. The quantitative estimate of drug-likeness (QED) is 0.534. The van der Waals surface area contributed by atoms with Gasteiger partial charge in [-0.15, -0.1) is 0 Å². The van der Waals surface area contributed by atoms with Crippen molar-refractivity contribution in [3.05, 3.63) is 77.6 Å². The number of ether oxygens (including phenoxy) is 1. The van der Waals surface area contributed by atoms with Crippen LogP contribution in [0.25, 0.3) is 11.3 Å². The van der Waals surface area contributed by atoms with Crippen LogP contribution >= 0.6 is 0 Å². The van der Waals surface area contributed by atoms with Gasteiger partial charge in [0.1, 0.15) is 5.76 Å². The van der Waals surface area contributed by atoms with Crippen LogP contribution in [0.5, 0.6) is 0 Å². The highest BCUT2D eigenvalue weighted by Crippen LogP contribution is 2.23. The Bertz CT molecular complexity index is 1240. The number of rotatable bonds is 7. The lowest BCUT2D eigenvalue weighted by atomic mass is 10.1. The Balaban J connectivity index is 1.36. The van der Waals surface area contributed by atoms with E-state index in [1.165, 1.54) is 11.2 Å². The molecule has 1 N–H and O–H groups in total. The molecule has 0 spiro atoms. The Hall–Kier alpha value is -3.27. The van der Waals surface area contributed by atoms with E-state index in [-0.39, 0.29) is 28.9 Å². The summed E-state index contributed by atoms with van der Waals surface area (Å²) < 4.78 is 37.7. The highest BCUT2D eigenvalue weighted by atomic mass is 32.2. The second kappa shape index (κ2) is 9.70. The number of hydrogen-bond donors (Lipinski definition) is 1. The predicted molar refractivity (Wildman–Crippen MR) is 121 cm³/mol. The van der Waals surface area contributed by atoms with Crippen LogP contribution in [-0.2, 0) is 21.3 Å². The number of carbonyl (C=O) groups is 2. The molecule has 33 heavy (non-hydrogen) atoms. The molecule has 1 amide bonds. The molecule has 0 atom stereocenters. The molecule has 8 nitrogen and oxygen atoms in total. The van der Waals surface area contributed by atoms with Crippen LogP contribution in [0.15, 0.2) is 70.0 Å². The van der Waals surface area contributed by atoms with E-state index in [0.717, 1.165) is 11.1 Å². The van der Waals surface area contributed by atoms with Gasteiger partial charge in [0.2, 0.25) is 10.0 Å². The fourth-order valence-electron chi connectivity index (χ4n) is 3.47. The van der Waals surface area contributed by atoms with Gasteiger partial charge in [0.05, 0.1) is 18.1 Å². The maximum atomic E-state index is 12.7. The largest absolute Gasteiger partial charge is 0.451 e. The number of morpholine rings is 1. The molecule has 0 bridgehead atoms. The molecule has 172 valence electrons. The summed E-state index contributed by atoms with van der Waals surface area (Å²) in [7, 11) is -3.55. The van der Waals surface area contributed by atoms with Gasteiger partial charge < -0.3 is 14.5 Å². The second-order valence-corrected chi connectivity index (χ2v) is 9.58. The van der Waals surface area contributed by atoms with Crippen molar-refractivity contribution in [3.8, 4) is 11.3 Å². The molecule has 0 saturated carbocycles. The van der Waals surface area contributed by atoms with Gasteiger partial charge in [0.15, 0.2) is 11.5 Å². The van der Waals surface area contributed by atoms with Crippen LogP contribution in [0.2, 0.25) is 0 Å². The summed E-state index contributed by atoms with van der Waals surface area (Å²) in [5.74, 6) is 0.277. The van der Waals surface area contributed by atoms with Crippen LogP contribution in [-0.4, -0.2) is 50.7 Å². The SMILES string of the molecule is CC(=O)c1ccc(-c2ccc(C(=O)NCc3ccc(S(=O)(=O)N4CCOCC4)cc3)o2)cc1. The van der Waals surface area contributed by atoms with Gasteiger partial charge in [0.25, 0.3) is 5.91 Å². The van der Waals surface area contributed by atoms with Gasteiger partial charge in [-0.3, -0.25) is 9.59 Å². The van der Waals surface area contributed by atoms with Gasteiger partial charge in [-0.1, -0.05) is 36.4 Å². The summed E-state index contributed by atoms with van der Waals surface area (Å²) in [6.45, 7) is 3.18. The van der Waals surface area contributed by atoms with Gasteiger partial charge in [0, 0.05) is 30.8 Å². The molecule has 0 radical (unpaired) electrons. The number of Topliss-reactive ketones (excluding diaryl/α,β-unsaturated/α-hetero) is 1. The van der Waals surface area contributed by atoms with E-state index in [2.05, 4.69) is 5.32 Å². The summed E-state index contributed by atoms with van der Waals surface area (Å²) in [5, 5.41) is 2.77. The molecule has 1 aliphatic heterocycles. The number of ketones is 1. The number of carbonyl (C=O) groups excluding carboxylic acids is 2. The Labute approximate surface area is 192 Å². The first-order chi connectivity index (χ1) is 15.8. The van der Waals surface area contributed by atoms with Crippen LogP contribution in [0, 0.1) is 0 Å². The minimum atomic E-state index is -3.55. The highest BCUT2D eigenvalue weighted by Gasteiger charge is 2.26. The van der Waals surface area contributed by atoms with Gasteiger partial charge in [-0.2, -0.15) is 4.31 Å². The zero-order chi connectivity index (χ0) is 23.4. The number of nitrogens with zero attached hydrogens (tertiary/aromatic N) is 1. The first kappa shape index (κ1) is 22.9. The van der Waals surface area contributed by atoms with Crippen LogP contribution < -0.4 is 5.32 Å². The lowest BCUT2D eigenvalue weighted by Gasteiger charge is -2.26. The average molecular weight is 469 g/mol. The monoisotopic (exact) mass is 468 g/mol. The molecule has 3 aromatic rings. The summed E-state index contributed by atoms with van der Waals surface area (Å²) in [6, 6.07) is 16.7. The maximum Gasteiger partial charge on any atom is 0.287 e. The van der Waals surface area contributed by atoms with Crippen LogP contribution in [0.1, 0.15) is 33.4 Å². The van der Waals surface area contributed by atoms with Crippen molar-refractivity contribution in [3.63, 3.8) is 0 Å². The van der Waals surface area contributed by atoms with Gasteiger partial charge >= 0.3 is 0 Å². The average Bonchev–Trinajstić information content (AvgIpc) is 3.34. The van der Waals surface area contributed by atoms with Crippen molar-refractivity contribution in [1.29, 1.82) is 0 Å². The third-order valence-corrected chi connectivity index (χ3v) is 7.30. The lowest BCUT2D eigenvalue weighted by Crippen LogP contribution is -2.40. The molecule has 4 rings (SSSR count). The third kappa shape index (κ3) is 5.22. The number of amides is 1. The van der Waals surface area contributed by atoms with Gasteiger partial charge in [-0.25, -0.2) is 8.42 Å². The number of sulfonamides is 1. The molecule has 1 fully saturated rings. The number of benzene rings is 2. The Kier molecular flexibility index (Phi) is 6.73. The Morgan fingerprint density at radius 3 is 2.24 bits per heavy atom. The minimum Gasteiger partial charge on any atom is -0.451 e. The molecule has 2 heterocycles. The zero-order valence-corrected chi connectivity index (χ0v) is 18.9. The van der Waals surface area contributed by atoms with E-state index < -0.39 is 10.0 Å². The zero-order valence-electron chi connectivity index (χ0n) is 18.1. The normalized spacial score (nSPS) is 14.7. The molecule has 2 aromatic carbocycles. The van der Waals surface area contributed by atoms with Crippen LogP contribution in [0.3, 0.4) is 0 Å². The van der Waals surface area contributed by atoms with Crippen molar-refractivity contribution in [1.82, 2.24) is 9.62 Å². The van der Waals surface area contributed by atoms with Crippen molar-refractivity contribution >= 4 is 21.7 Å². The summed E-state index contributed by atoms with van der Waals surface area (Å²) >= 11 is 0. The first-order valence-electron chi connectivity index (χ1n) is 10.5. The smallest absolute Gasteiger partial charge is 0.287 e. The molecular weight excluding hydrogens is 444 g/mol. The van der Waals surface area contributed by atoms with Crippen molar-refractivity contribution in [2.45, 2.75) is 18.4 Å². The van der Waals surface area contributed by atoms with Crippen LogP contribution in [0.4, 0.5) is 0 Å². The summed E-state index contributed by atoms with van der Waals surface area (Å²) in [6.07, 6.45) is 0. The van der Waals surface area contributed by atoms with Crippen molar-refractivity contribution in [2.24, 2.45) is 0 Å². The molecule has 1 aromatic heterocycles. The Morgan fingerprint density at radius 2 is 1.61 bits per heavy atom. The van der Waals surface area contributed by atoms with E-state index in [4.69, 9.17) is 9.15 Å². The standard InChI is InChI=1S/C24H24N2O6S/c1-17(27)19-4-6-20(7-5-19)22-10-11-23(32-22)24(28)25-16-18-2-8-21(9-3-18)33(29,30)26-12-14-31-15-13-26/h2-11H,12-16H2,1H3,(H,25,28). The fourth-order valence-corrected chi connectivity index (χ4v) is 4.88. The second-order valence-electron chi connectivity index (χ2n) is 7.64. The van der Waals surface area contributed by atoms with E-state index in [9.17, 15) is 18.0 Å². The van der Waals surface area contributed by atoms with E-state index in [1.54, 1.807) is 60.7 Å². The van der Waals surface area contributed by atoms with Crippen molar-refractivity contribution in [2.75, 3.05) is 26.3 Å². The molecular formula is C24H24N2O6S. The molecule has 0 unspecified atom stereocenters. The molecule has 9 heteroatoms.